The number of nitrogens with zero attached hydrogens (tertiary/aromatic N) is 1. The highest BCUT2D eigenvalue weighted by molar-refractivity contribution is 7.12. The number of rotatable bonds is 5. The van der Waals surface area contributed by atoms with E-state index in [2.05, 4.69) is 10.1 Å². The summed E-state index contributed by atoms with van der Waals surface area (Å²) < 4.78 is 39.4. The van der Waals surface area contributed by atoms with E-state index in [0.717, 1.165) is 16.7 Å². The Labute approximate surface area is 149 Å². The number of nitrogens with one attached hydrogen (secondary N) is 2. The third kappa shape index (κ3) is 3.83. The molecule has 0 saturated heterocycles. The number of hydrazone groups is 1. The van der Waals surface area contributed by atoms with Crippen molar-refractivity contribution in [1.82, 2.24) is 10.4 Å². The lowest BCUT2D eigenvalue weighted by molar-refractivity contribution is -0.0605. The minimum absolute atomic E-state index is 0.155. The molecule has 2 aromatic heterocycles. The first-order valence-electron chi connectivity index (χ1n) is 7.43. The fraction of sp³-hybridized carbons (Fsp3) is 0.118. The third-order valence-corrected chi connectivity index (χ3v) is 4.49. The molecule has 5 nitrogen and oxygen atoms in total. The second-order valence-electron chi connectivity index (χ2n) is 5.32. The van der Waals surface area contributed by atoms with E-state index in [0.29, 0.717) is 5.52 Å². The number of aromatic amines is 1. The van der Waals surface area contributed by atoms with Gasteiger partial charge in [-0.25, -0.2) is 5.43 Å². The number of H-pyrrole nitrogens is 1. The van der Waals surface area contributed by atoms with E-state index >= 15 is 0 Å². The molecular weight excluding hydrogens is 367 g/mol. The zero-order valence-corrected chi connectivity index (χ0v) is 13.9. The fourth-order valence-corrected chi connectivity index (χ4v) is 3.00. The molecule has 9 heteroatoms. The highest BCUT2D eigenvalue weighted by atomic mass is 32.1. The molecule has 0 fully saturated rings. The summed E-state index contributed by atoms with van der Waals surface area (Å²) in [6, 6.07) is 9.57. The van der Waals surface area contributed by atoms with Gasteiger partial charge in [0, 0.05) is 11.6 Å². The second kappa shape index (κ2) is 7.12. The van der Waals surface area contributed by atoms with Crippen LogP contribution in [-0.2, 0) is 0 Å². The number of alkyl halides is 3. The van der Waals surface area contributed by atoms with E-state index in [-0.39, 0.29) is 10.4 Å². The average molecular weight is 379 g/mol. The number of halogens is 3. The first-order valence-corrected chi connectivity index (χ1v) is 8.31. The van der Waals surface area contributed by atoms with Gasteiger partial charge in [0.05, 0.1) is 22.4 Å². The third-order valence-electron chi connectivity index (χ3n) is 3.58. The molecule has 3 aromatic rings. The van der Waals surface area contributed by atoms with Gasteiger partial charge in [0.1, 0.15) is 5.71 Å². The predicted molar refractivity (Wildman–Crippen MR) is 92.5 cm³/mol. The molecule has 0 unspecified atom stereocenters. The summed E-state index contributed by atoms with van der Waals surface area (Å²) >= 11 is 1.04. The molecule has 0 aliphatic heterocycles. The lowest BCUT2D eigenvalue weighted by Gasteiger charge is -2.10. The molecule has 1 amide bonds. The Hall–Kier alpha value is -2.94. The predicted octanol–water partition coefficient (Wildman–Crippen LogP) is 4.15. The molecule has 134 valence electrons. The van der Waals surface area contributed by atoms with Crippen molar-refractivity contribution in [1.29, 1.82) is 0 Å². The maximum atomic E-state index is 13.1. The number of para-hydroxylation sites is 1. The Balaban J connectivity index is 1.81. The number of carbonyl (C=O) groups is 2. The largest absolute Gasteiger partial charge is 0.431 e. The molecule has 0 bridgehead atoms. The number of benzene rings is 1. The number of aromatic nitrogens is 1. The second-order valence-corrected chi connectivity index (χ2v) is 6.27. The summed E-state index contributed by atoms with van der Waals surface area (Å²) in [5, 5.41) is 5.51. The van der Waals surface area contributed by atoms with Crippen LogP contribution in [0.5, 0.6) is 0 Å². The number of thiophene rings is 1. The summed E-state index contributed by atoms with van der Waals surface area (Å²) in [5.74, 6) is -1.51. The number of carbonyl (C=O) groups excluding carboxylic acids is 2. The van der Waals surface area contributed by atoms with Gasteiger partial charge in [-0.2, -0.15) is 18.3 Å². The molecule has 0 spiro atoms. The zero-order chi connectivity index (χ0) is 18.7. The van der Waals surface area contributed by atoms with Crippen molar-refractivity contribution in [3.8, 4) is 0 Å². The SMILES string of the molecule is O=C(CC(=NNC(=O)c1cccc2cc[nH]c12)C(F)(F)F)c1cccs1. The van der Waals surface area contributed by atoms with Gasteiger partial charge in [0.2, 0.25) is 0 Å². The minimum atomic E-state index is -4.83. The first kappa shape index (κ1) is 17.9. The van der Waals surface area contributed by atoms with Crippen molar-refractivity contribution in [2.24, 2.45) is 5.10 Å². The molecule has 2 heterocycles. The molecule has 0 saturated carbocycles. The smallest absolute Gasteiger partial charge is 0.361 e. The van der Waals surface area contributed by atoms with Gasteiger partial charge in [0.25, 0.3) is 5.91 Å². The van der Waals surface area contributed by atoms with Crippen LogP contribution in [0, 0.1) is 0 Å². The van der Waals surface area contributed by atoms with Crippen LogP contribution in [0.15, 0.2) is 53.1 Å². The summed E-state index contributed by atoms with van der Waals surface area (Å²) in [6.45, 7) is 0. The molecule has 1 aromatic carbocycles. The van der Waals surface area contributed by atoms with Crippen molar-refractivity contribution in [3.63, 3.8) is 0 Å². The Morgan fingerprint density at radius 3 is 2.65 bits per heavy atom. The quantitative estimate of drug-likeness (QED) is 0.397. The highest BCUT2D eigenvalue weighted by Gasteiger charge is 2.37. The fourth-order valence-electron chi connectivity index (χ4n) is 2.33. The Morgan fingerprint density at radius 1 is 1.15 bits per heavy atom. The minimum Gasteiger partial charge on any atom is -0.361 e. The summed E-state index contributed by atoms with van der Waals surface area (Å²) in [4.78, 5) is 27.2. The van der Waals surface area contributed by atoms with E-state index in [1.807, 2.05) is 5.43 Å². The molecule has 0 aliphatic rings. The summed E-state index contributed by atoms with van der Waals surface area (Å²) in [5.41, 5.74) is 1.18. The standard InChI is InChI=1S/C17H12F3N3O2S/c18-17(19,20)14(9-12(24)13-5-2-8-26-13)22-23-16(25)11-4-1-3-10-6-7-21-15(10)11/h1-8,21H,9H2,(H,23,25). The molecule has 0 aliphatic carbocycles. The Morgan fingerprint density at radius 2 is 1.96 bits per heavy atom. The van der Waals surface area contributed by atoms with E-state index in [1.54, 1.807) is 35.8 Å². The number of amides is 1. The van der Waals surface area contributed by atoms with Gasteiger partial charge in [-0.1, -0.05) is 18.2 Å². The van der Waals surface area contributed by atoms with Gasteiger partial charge in [-0.3, -0.25) is 9.59 Å². The van der Waals surface area contributed by atoms with Crippen molar-refractivity contribution in [3.05, 3.63) is 58.4 Å². The van der Waals surface area contributed by atoms with E-state index in [9.17, 15) is 22.8 Å². The van der Waals surface area contributed by atoms with Crippen LogP contribution in [0.25, 0.3) is 10.9 Å². The van der Waals surface area contributed by atoms with Crippen molar-refractivity contribution < 1.29 is 22.8 Å². The highest BCUT2D eigenvalue weighted by Crippen LogP contribution is 2.22. The maximum absolute atomic E-state index is 13.1. The Kier molecular flexibility index (Phi) is 4.90. The first-order chi connectivity index (χ1) is 12.4. The monoisotopic (exact) mass is 379 g/mol. The zero-order valence-electron chi connectivity index (χ0n) is 13.1. The number of fused-ring (bicyclic) bond motifs is 1. The van der Waals surface area contributed by atoms with Gasteiger partial charge in [-0.05, 0) is 23.6 Å². The number of ketones is 1. The van der Waals surface area contributed by atoms with Crippen LogP contribution in [0.1, 0.15) is 26.5 Å². The van der Waals surface area contributed by atoms with Crippen LogP contribution in [0.4, 0.5) is 13.2 Å². The lowest BCUT2D eigenvalue weighted by Crippen LogP contribution is -2.30. The topological polar surface area (TPSA) is 74.3 Å². The van der Waals surface area contributed by atoms with Crippen LogP contribution in [-0.4, -0.2) is 28.6 Å². The van der Waals surface area contributed by atoms with Gasteiger partial charge in [0.15, 0.2) is 5.78 Å². The normalized spacial score (nSPS) is 12.3. The van der Waals surface area contributed by atoms with Crippen molar-refractivity contribution in [2.45, 2.75) is 12.6 Å². The van der Waals surface area contributed by atoms with Crippen LogP contribution in [0.2, 0.25) is 0 Å². The molecule has 2 N–H and O–H groups in total. The lowest BCUT2D eigenvalue weighted by atomic mass is 10.1. The Bertz CT molecular complexity index is 975. The van der Waals surface area contributed by atoms with Crippen LogP contribution < -0.4 is 5.43 Å². The van der Waals surface area contributed by atoms with E-state index < -0.39 is 30.0 Å². The van der Waals surface area contributed by atoms with Gasteiger partial charge in [-0.15, -0.1) is 11.3 Å². The molecular formula is C17H12F3N3O2S. The van der Waals surface area contributed by atoms with Gasteiger partial charge < -0.3 is 4.98 Å². The summed E-state index contributed by atoms with van der Waals surface area (Å²) in [7, 11) is 0. The van der Waals surface area contributed by atoms with Crippen molar-refractivity contribution in [2.75, 3.05) is 0 Å². The molecule has 0 radical (unpaired) electrons. The van der Waals surface area contributed by atoms with E-state index in [4.69, 9.17) is 0 Å². The maximum Gasteiger partial charge on any atom is 0.431 e. The van der Waals surface area contributed by atoms with Crippen LogP contribution >= 0.6 is 11.3 Å². The van der Waals surface area contributed by atoms with E-state index in [1.165, 1.54) is 12.1 Å². The molecule has 3 rings (SSSR count). The molecule has 26 heavy (non-hydrogen) atoms. The number of hydrogen-bond acceptors (Lipinski definition) is 4. The number of hydrogen-bond donors (Lipinski definition) is 2. The van der Waals surface area contributed by atoms with Gasteiger partial charge >= 0.3 is 6.18 Å². The molecule has 0 atom stereocenters. The average Bonchev–Trinajstić information content (AvgIpc) is 3.27. The number of Topliss-reactive ketones (excluding diaryl/α,β-unsaturated/α-hetero) is 1. The summed E-state index contributed by atoms with van der Waals surface area (Å²) in [6.07, 6.45) is -4.17. The van der Waals surface area contributed by atoms with Crippen molar-refractivity contribution >= 4 is 39.6 Å². The van der Waals surface area contributed by atoms with Crippen LogP contribution in [0.3, 0.4) is 0 Å².